The average molecular weight is 702 g/mol. The van der Waals surface area contributed by atoms with E-state index in [0.717, 1.165) is 15.6 Å². The Morgan fingerprint density at radius 1 is 0.979 bits per heavy atom. The van der Waals surface area contributed by atoms with E-state index >= 15 is 0 Å². The molecule has 11 nitrogen and oxygen atoms in total. The van der Waals surface area contributed by atoms with Crippen LogP contribution in [0, 0.1) is 5.82 Å². The number of hydrogen-bond acceptors (Lipinski definition) is 7. The SMILES string of the molecule is O=C1CCC(N2Cc3c(ccc(CN4CCN(C(=O)c5cc(Cc6n[nH]c(=O)c7ccccc67)ccc5F)CC4)c3Br)C2=O)C(=O)N1. The van der Waals surface area contributed by atoms with Gasteiger partial charge in [0.05, 0.1) is 16.6 Å². The number of benzene rings is 3. The van der Waals surface area contributed by atoms with Crippen molar-refractivity contribution >= 4 is 50.3 Å². The molecule has 1 atom stereocenters. The van der Waals surface area contributed by atoms with Gasteiger partial charge in [0.2, 0.25) is 11.8 Å². The number of nitrogens with zero attached hydrogens (tertiary/aromatic N) is 4. The van der Waals surface area contributed by atoms with Crippen molar-refractivity contribution in [1.82, 2.24) is 30.2 Å². The molecule has 3 aliphatic heterocycles. The van der Waals surface area contributed by atoms with E-state index in [-0.39, 0.29) is 41.8 Å². The van der Waals surface area contributed by atoms with Crippen molar-refractivity contribution in [3.63, 3.8) is 0 Å². The van der Waals surface area contributed by atoms with Gasteiger partial charge in [0.1, 0.15) is 11.9 Å². The number of imide groups is 1. The van der Waals surface area contributed by atoms with Crippen molar-refractivity contribution in [1.29, 1.82) is 0 Å². The summed E-state index contributed by atoms with van der Waals surface area (Å²) in [7, 11) is 0. The number of rotatable bonds is 6. The van der Waals surface area contributed by atoms with E-state index < -0.39 is 17.8 Å². The second-order valence-electron chi connectivity index (χ2n) is 12.1. The highest BCUT2D eigenvalue weighted by Crippen LogP contribution is 2.35. The van der Waals surface area contributed by atoms with Crippen molar-refractivity contribution in [2.45, 2.75) is 38.4 Å². The summed E-state index contributed by atoms with van der Waals surface area (Å²) in [5, 5.41) is 10.3. The molecular weight excluding hydrogens is 671 g/mol. The zero-order valence-corrected chi connectivity index (χ0v) is 26.8. The highest BCUT2D eigenvalue weighted by molar-refractivity contribution is 9.10. The van der Waals surface area contributed by atoms with E-state index in [0.29, 0.717) is 73.2 Å². The Kier molecular flexibility index (Phi) is 8.18. The van der Waals surface area contributed by atoms with Gasteiger partial charge in [-0.1, -0.05) is 46.3 Å². The van der Waals surface area contributed by atoms with E-state index in [1.165, 1.54) is 11.0 Å². The second-order valence-corrected chi connectivity index (χ2v) is 12.9. The summed E-state index contributed by atoms with van der Waals surface area (Å²) < 4.78 is 15.8. The first kappa shape index (κ1) is 30.9. The molecule has 2 fully saturated rings. The Bertz CT molecular complexity index is 2020. The molecule has 2 saturated heterocycles. The standard InChI is InChI=1S/C34H30BrFN6O5/c35-30-20(6-7-23-25(30)18-42(34(23)47)28-9-10-29(43)37-32(28)45)17-40-11-13-41(14-12-40)33(46)24-15-19(5-8-26(24)36)16-27-21-3-1-2-4-22(21)31(44)39-38-27/h1-8,15,28H,9-14,16-18H2,(H,39,44)(H,37,43,45). The van der Waals surface area contributed by atoms with Gasteiger partial charge in [0.25, 0.3) is 17.4 Å². The number of carbonyl (C=O) groups excluding carboxylic acids is 4. The number of aromatic amines is 1. The van der Waals surface area contributed by atoms with Crippen molar-refractivity contribution < 1.29 is 23.6 Å². The number of aromatic nitrogens is 2. The predicted molar refractivity (Wildman–Crippen MR) is 173 cm³/mol. The lowest BCUT2D eigenvalue weighted by Gasteiger charge is -2.35. The first-order valence-corrected chi connectivity index (χ1v) is 16.2. The number of carbonyl (C=O) groups is 4. The minimum Gasteiger partial charge on any atom is -0.336 e. The normalized spacial score (nSPS) is 18.5. The van der Waals surface area contributed by atoms with Crippen molar-refractivity contribution in [3.8, 4) is 0 Å². The summed E-state index contributed by atoms with van der Waals surface area (Å²) in [4.78, 5) is 68.2. The van der Waals surface area contributed by atoms with Gasteiger partial charge in [-0.15, -0.1) is 0 Å². The smallest absolute Gasteiger partial charge is 0.272 e. The fourth-order valence-corrected chi connectivity index (χ4v) is 7.24. The van der Waals surface area contributed by atoms with E-state index in [4.69, 9.17) is 0 Å². The van der Waals surface area contributed by atoms with Gasteiger partial charge < -0.3 is 9.80 Å². The molecule has 4 heterocycles. The van der Waals surface area contributed by atoms with Crippen molar-refractivity contribution in [3.05, 3.63) is 109 Å². The quantitative estimate of drug-likeness (QED) is 0.295. The number of piperazine rings is 1. The highest BCUT2D eigenvalue weighted by atomic mass is 79.9. The van der Waals surface area contributed by atoms with Gasteiger partial charge in [0, 0.05) is 67.5 Å². The summed E-state index contributed by atoms with van der Waals surface area (Å²) in [5.74, 6) is -1.98. The summed E-state index contributed by atoms with van der Waals surface area (Å²) >= 11 is 3.70. The molecule has 2 N–H and O–H groups in total. The number of piperidine rings is 1. The van der Waals surface area contributed by atoms with Gasteiger partial charge in [-0.25, -0.2) is 9.49 Å². The van der Waals surface area contributed by atoms with Crippen LogP contribution in [0.2, 0.25) is 0 Å². The van der Waals surface area contributed by atoms with E-state index in [2.05, 4.69) is 36.3 Å². The Morgan fingerprint density at radius 2 is 1.74 bits per heavy atom. The molecule has 240 valence electrons. The fourth-order valence-electron chi connectivity index (χ4n) is 6.64. The van der Waals surface area contributed by atoms with Crippen LogP contribution in [0.1, 0.15) is 55.9 Å². The summed E-state index contributed by atoms with van der Waals surface area (Å²) in [6.07, 6.45) is 0.814. The molecule has 1 aromatic heterocycles. The Balaban J connectivity index is 1.00. The van der Waals surface area contributed by atoms with E-state index in [1.54, 1.807) is 35.2 Å². The molecule has 0 spiro atoms. The molecule has 7 rings (SSSR count). The van der Waals surface area contributed by atoms with Crippen LogP contribution in [-0.2, 0) is 29.1 Å². The van der Waals surface area contributed by atoms with Crippen LogP contribution < -0.4 is 10.9 Å². The fraction of sp³-hybridized carbons (Fsp3) is 0.294. The first-order chi connectivity index (χ1) is 22.7. The van der Waals surface area contributed by atoms with Gasteiger partial charge in [-0.3, -0.25) is 34.2 Å². The molecule has 0 bridgehead atoms. The minimum atomic E-state index is -0.681. The van der Waals surface area contributed by atoms with Crippen LogP contribution >= 0.6 is 15.9 Å². The lowest BCUT2D eigenvalue weighted by atomic mass is 10.0. The third-order valence-electron chi connectivity index (χ3n) is 9.19. The maximum Gasteiger partial charge on any atom is 0.272 e. The zero-order valence-electron chi connectivity index (χ0n) is 25.2. The lowest BCUT2D eigenvalue weighted by molar-refractivity contribution is -0.136. The molecule has 1 unspecified atom stereocenters. The molecular formula is C34H30BrFN6O5. The number of fused-ring (bicyclic) bond motifs is 2. The van der Waals surface area contributed by atoms with Crippen LogP contribution in [0.15, 0.2) is 63.9 Å². The number of H-pyrrole nitrogens is 1. The molecule has 13 heteroatoms. The van der Waals surface area contributed by atoms with Gasteiger partial charge in [-0.2, -0.15) is 5.10 Å². The molecule has 0 aliphatic carbocycles. The van der Waals surface area contributed by atoms with Crippen molar-refractivity contribution in [2.24, 2.45) is 0 Å². The van der Waals surface area contributed by atoms with Crippen LogP contribution in [-0.4, -0.2) is 80.7 Å². The molecule has 4 aromatic rings. The molecule has 0 radical (unpaired) electrons. The molecule has 47 heavy (non-hydrogen) atoms. The largest absolute Gasteiger partial charge is 0.336 e. The van der Waals surface area contributed by atoms with E-state index in [9.17, 15) is 28.4 Å². The number of hydrogen-bond donors (Lipinski definition) is 2. The van der Waals surface area contributed by atoms with Crippen LogP contribution in [0.5, 0.6) is 0 Å². The van der Waals surface area contributed by atoms with E-state index in [1.807, 2.05) is 18.2 Å². The molecule has 3 aliphatic rings. The summed E-state index contributed by atoms with van der Waals surface area (Å²) in [5.41, 5.74) is 3.37. The van der Waals surface area contributed by atoms with Crippen LogP contribution in [0.3, 0.4) is 0 Å². The Hall–Kier alpha value is -4.75. The van der Waals surface area contributed by atoms with Crippen molar-refractivity contribution in [2.75, 3.05) is 26.2 Å². The van der Waals surface area contributed by atoms with Crippen LogP contribution in [0.25, 0.3) is 10.8 Å². The third kappa shape index (κ3) is 5.85. The predicted octanol–water partition coefficient (Wildman–Crippen LogP) is 3.13. The maximum absolute atomic E-state index is 15.0. The third-order valence-corrected chi connectivity index (χ3v) is 10.2. The monoisotopic (exact) mass is 700 g/mol. The Morgan fingerprint density at radius 3 is 2.51 bits per heavy atom. The number of nitrogens with one attached hydrogen (secondary N) is 2. The number of halogens is 2. The molecule has 3 aromatic carbocycles. The second kappa shape index (κ2) is 12.5. The summed E-state index contributed by atoms with van der Waals surface area (Å²) in [6.45, 7) is 2.83. The highest BCUT2D eigenvalue weighted by Gasteiger charge is 2.40. The lowest BCUT2D eigenvalue weighted by Crippen LogP contribution is -2.52. The van der Waals surface area contributed by atoms with Crippen LogP contribution in [0.4, 0.5) is 4.39 Å². The number of amides is 4. The summed E-state index contributed by atoms with van der Waals surface area (Å²) in [6, 6.07) is 14.6. The zero-order chi connectivity index (χ0) is 32.8. The molecule has 0 saturated carbocycles. The average Bonchev–Trinajstić information content (AvgIpc) is 3.41. The minimum absolute atomic E-state index is 0.00344. The first-order valence-electron chi connectivity index (χ1n) is 15.4. The Labute approximate surface area is 276 Å². The van der Waals surface area contributed by atoms with Gasteiger partial charge >= 0.3 is 0 Å². The maximum atomic E-state index is 15.0. The van der Waals surface area contributed by atoms with Gasteiger partial charge in [-0.05, 0) is 47.4 Å². The molecule has 4 amide bonds. The van der Waals surface area contributed by atoms with Gasteiger partial charge in [0.15, 0.2) is 0 Å². The topological polar surface area (TPSA) is 136 Å².